The predicted octanol–water partition coefficient (Wildman–Crippen LogP) is 3.48. The van der Waals surface area contributed by atoms with Crippen LogP contribution in [-0.4, -0.2) is 15.8 Å². The Morgan fingerprint density at radius 2 is 2.14 bits per heavy atom. The van der Waals surface area contributed by atoms with Crippen molar-refractivity contribution in [1.82, 2.24) is 15.0 Å². The minimum atomic E-state index is 0.473. The Balaban J connectivity index is 1.95. The summed E-state index contributed by atoms with van der Waals surface area (Å²) in [7, 11) is 0. The van der Waals surface area contributed by atoms with E-state index < -0.39 is 0 Å². The highest BCUT2D eigenvalue weighted by molar-refractivity contribution is 5.83. The van der Waals surface area contributed by atoms with E-state index in [-0.39, 0.29) is 0 Å². The molecule has 0 aliphatic rings. The normalized spacial score (nSPS) is 11.6. The number of rotatable bonds is 5. The second-order valence-electron chi connectivity index (χ2n) is 5.77. The second kappa shape index (κ2) is 5.74. The summed E-state index contributed by atoms with van der Waals surface area (Å²) < 4.78 is 7.57. The molecule has 0 amide bonds. The summed E-state index contributed by atoms with van der Waals surface area (Å²) in [6.45, 7) is 7.85. The van der Waals surface area contributed by atoms with Gasteiger partial charge in [-0.2, -0.15) is 0 Å². The molecule has 3 rings (SSSR count). The number of para-hydroxylation sites is 1. The molecule has 0 saturated carbocycles. The lowest BCUT2D eigenvalue weighted by molar-refractivity contribution is 0.374. The van der Waals surface area contributed by atoms with E-state index >= 15 is 0 Å². The Hall–Kier alpha value is -2.07. The molecule has 110 valence electrons. The fourth-order valence-electron chi connectivity index (χ4n) is 2.59. The van der Waals surface area contributed by atoms with Crippen molar-refractivity contribution in [1.29, 1.82) is 0 Å². The van der Waals surface area contributed by atoms with Crippen molar-refractivity contribution >= 4 is 10.9 Å². The van der Waals surface area contributed by atoms with Crippen LogP contribution in [0.2, 0.25) is 0 Å². The fraction of sp³-hybridized carbons (Fsp3) is 0.353. The van der Waals surface area contributed by atoms with Gasteiger partial charge in [0, 0.05) is 24.8 Å². The summed E-state index contributed by atoms with van der Waals surface area (Å²) in [4.78, 5) is 0. The largest absolute Gasteiger partial charge is 0.359 e. The van der Waals surface area contributed by atoms with Gasteiger partial charge < -0.3 is 14.4 Å². The van der Waals surface area contributed by atoms with Gasteiger partial charge in [0.2, 0.25) is 0 Å². The quantitative estimate of drug-likeness (QED) is 0.779. The molecule has 0 spiro atoms. The van der Waals surface area contributed by atoms with Gasteiger partial charge in [-0.05, 0) is 23.9 Å². The molecular weight excluding hydrogens is 262 g/mol. The van der Waals surface area contributed by atoms with Crippen molar-refractivity contribution in [3.05, 3.63) is 53.5 Å². The smallest absolute Gasteiger partial charge is 0.156 e. The van der Waals surface area contributed by atoms with Gasteiger partial charge in [0.25, 0.3) is 0 Å². The molecular formula is C17H21N3O. The Kier molecular flexibility index (Phi) is 3.80. The summed E-state index contributed by atoms with van der Waals surface area (Å²) in [6.07, 6.45) is 2.11. The molecule has 0 aliphatic carbocycles. The number of benzene rings is 1. The molecule has 0 fully saturated rings. The SMILES string of the molecule is Cc1cc(Cn2ccc3cccc(CNC(C)C)c32)on1. The molecule has 0 saturated heterocycles. The summed E-state index contributed by atoms with van der Waals surface area (Å²) in [5, 5.41) is 8.71. The maximum Gasteiger partial charge on any atom is 0.156 e. The number of aromatic nitrogens is 2. The molecule has 4 nitrogen and oxygen atoms in total. The molecule has 0 atom stereocenters. The van der Waals surface area contributed by atoms with Gasteiger partial charge >= 0.3 is 0 Å². The number of fused-ring (bicyclic) bond motifs is 1. The van der Waals surface area contributed by atoms with Crippen LogP contribution in [0.25, 0.3) is 10.9 Å². The number of nitrogens with zero attached hydrogens (tertiary/aromatic N) is 2. The topological polar surface area (TPSA) is 43.0 Å². The van der Waals surface area contributed by atoms with Gasteiger partial charge in [-0.1, -0.05) is 37.2 Å². The molecule has 4 heteroatoms. The second-order valence-corrected chi connectivity index (χ2v) is 5.77. The third-order valence-corrected chi connectivity index (χ3v) is 3.58. The van der Waals surface area contributed by atoms with Gasteiger partial charge in [0.1, 0.15) is 0 Å². The highest BCUT2D eigenvalue weighted by atomic mass is 16.5. The van der Waals surface area contributed by atoms with Crippen molar-refractivity contribution in [2.24, 2.45) is 0 Å². The van der Waals surface area contributed by atoms with Crippen LogP contribution in [0, 0.1) is 6.92 Å². The van der Waals surface area contributed by atoms with Crippen LogP contribution in [0.5, 0.6) is 0 Å². The first-order chi connectivity index (χ1) is 10.1. The van der Waals surface area contributed by atoms with Gasteiger partial charge in [-0.25, -0.2) is 0 Å². The van der Waals surface area contributed by atoms with E-state index in [4.69, 9.17) is 4.52 Å². The van der Waals surface area contributed by atoms with Gasteiger partial charge in [0.05, 0.1) is 17.8 Å². The van der Waals surface area contributed by atoms with Crippen molar-refractivity contribution in [2.75, 3.05) is 0 Å². The predicted molar refractivity (Wildman–Crippen MR) is 84.3 cm³/mol. The van der Waals surface area contributed by atoms with Crippen molar-refractivity contribution in [2.45, 2.75) is 39.9 Å². The van der Waals surface area contributed by atoms with Crippen LogP contribution >= 0.6 is 0 Å². The molecule has 3 aromatic rings. The lowest BCUT2D eigenvalue weighted by Gasteiger charge is -2.11. The molecule has 1 N–H and O–H groups in total. The molecule has 0 unspecified atom stereocenters. The first-order valence-electron chi connectivity index (χ1n) is 7.36. The standard InChI is InChI=1S/C17H21N3O/c1-12(2)18-10-15-6-4-5-14-7-8-20(17(14)15)11-16-9-13(3)19-21-16/h4-9,12,18H,10-11H2,1-3H3. The first-order valence-corrected chi connectivity index (χ1v) is 7.36. The van der Waals surface area contributed by atoms with E-state index in [9.17, 15) is 0 Å². The molecule has 2 heterocycles. The van der Waals surface area contributed by atoms with E-state index in [0.717, 1.165) is 18.0 Å². The minimum Gasteiger partial charge on any atom is -0.359 e. The molecule has 1 aromatic carbocycles. The van der Waals surface area contributed by atoms with Gasteiger partial charge in [-0.15, -0.1) is 0 Å². The Labute approximate surface area is 124 Å². The number of aryl methyl sites for hydroxylation is 1. The summed E-state index contributed by atoms with van der Waals surface area (Å²) >= 11 is 0. The Morgan fingerprint density at radius 1 is 1.29 bits per heavy atom. The number of hydrogen-bond acceptors (Lipinski definition) is 3. The highest BCUT2D eigenvalue weighted by Crippen LogP contribution is 2.22. The Morgan fingerprint density at radius 3 is 2.86 bits per heavy atom. The molecule has 2 aromatic heterocycles. The highest BCUT2D eigenvalue weighted by Gasteiger charge is 2.09. The maximum atomic E-state index is 5.34. The Bertz CT molecular complexity index is 739. The molecule has 0 bridgehead atoms. The number of hydrogen-bond donors (Lipinski definition) is 1. The van der Waals surface area contributed by atoms with Crippen LogP contribution in [0.1, 0.15) is 30.9 Å². The molecule has 0 radical (unpaired) electrons. The van der Waals surface area contributed by atoms with Crippen LogP contribution < -0.4 is 5.32 Å². The minimum absolute atomic E-state index is 0.473. The lowest BCUT2D eigenvalue weighted by atomic mass is 10.1. The summed E-state index contributed by atoms with van der Waals surface area (Å²) in [6, 6.07) is 11.1. The van der Waals surface area contributed by atoms with Crippen LogP contribution in [0.15, 0.2) is 41.1 Å². The first kappa shape index (κ1) is 13.9. The van der Waals surface area contributed by atoms with Gasteiger partial charge in [0.15, 0.2) is 5.76 Å². The average molecular weight is 283 g/mol. The monoisotopic (exact) mass is 283 g/mol. The third-order valence-electron chi connectivity index (χ3n) is 3.58. The fourth-order valence-corrected chi connectivity index (χ4v) is 2.59. The van der Waals surface area contributed by atoms with E-state index in [0.29, 0.717) is 12.6 Å². The zero-order chi connectivity index (χ0) is 14.8. The van der Waals surface area contributed by atoms with Crippen molar-refractivity contribution in [3.63, 3.8) is 0 Å². The average Bonchev–Trinajstić information content (AvgIpc) is 3.04. The molecule has 21 heavy (non-hydrogen) atoms. The zero-order valence-electron chi connectivity index (χ0n) is 12.8. The van der Waals surface area contributed by atoms with Gasteiger partial charge in [-0.3, -0.25) is 0 Å². The lowest BCUT2D eigenvalue weighted by Crippen LogP contribution is -2.22. The summed E-state index contributed by atoms with van der Waals surface area (Å²) in [5.41, 5.74) is 3.49. The van der Waals surface area contributed by atoms with E-state index in [2.05, 4.69) is 59.4 Å². The van der Waals surface area contributed by atoms with Crippen molar-refractivity contribution < 1.29 is 4.52 Å². The zero-order valence-corrected chi connectivity index (χ0v) is 12.8. The van der Waals surface area contributed by atoms with Crippen LogP contribution in [-0.2, 0) is 13.1 Å². The van der Waals surface area contributed by atoms with Crippen LogP contribution in [0.3, 0.4) is 0 Å². The van der Waals surface area contributed by atoms with Crippen molar-refractivity contribution in [3.8, 4) is 0 Å². The van der Waals surface area contributed by atoms with E-state index in [1.807, 2.05) is 13.0 Å². The molecule has 0 aliphatic heterocycles. The van der Waals surface area contributed by atoms with E-state index in [1.165, 1.54) is 16.5 Å². The third kappa shape index (κ3) is 3.00. The number of nitrogens with one attached hydrogen (secondary N) is 1. The maximum absolute atomic E-state index is 5.34. The summed E-state index contributed by atoms with van der Waals surface area (Å²) in [5.74, 6) is 0.886. The van der Waals surface area contributed by atoms with E-state index in [1.54, 1.807) is 0 Å². The van der Waals surface area contributed by atoms with Crippen LogP contribution in [0.4, 0.5) is 0 Å².